The Kier molecular flexibility index (Phi) is 2.39. The predicted octanol–water partition coefficient (Wildman–Crippen LogP) is 0.808. The van der Waals surface area contributed by atoms with Crippen LogP contribution in [0.3, 0.4) is 0 Å². The number of esters is 1. The van der Waals surface area contributed by atoms with E-state index >= 15 is 0 Å². The lowest BCUT2D eigenvalue weighted by Gasteiger charge is -1.97. The normalized spacial score (nSPS) is 10.5. The molecule has 2 rings (SSSR count). The third-order valence-corrected chi connectivity index (χ3v) is 2.15. The first-order valence-electron chi connectivity index (χ1n) is 4.51. The molecule has 1 aromatic heterocycles. The van der Waals surface area contributed by atoms with Gasteiger partial charge in [0, 0.05) is 0 Å². The summed E-state index contributed by atoms with van der Waals surface area (Å²) in [5.74, 6) is 0.341. The maximum Gasteiger partial charge on any atom is 0.337 e. The molecule has 3 N–H and O–H groups in total. The number of hydrogen-bond donors (Lipinski definition) is 2. The van der Waals surface area contributed by atoms with Crippen LogP contribution in [0.1, 0.15) is 16.2 Å². The van der Waals surface area contributed by atoms with E-state index in [1.165, 1.54) is 7.11 Å². The van der Waals surface area contributed by atoms with Gasteiger partial charge in [0.1, 0.15) is 5.82 Å². The number of rotatable bonds is 2. The smallest absolute Gasteiger partial charge is 0.337 e. The monoisotopic (exact) mass is 205 g/mol. The number of H-pyrrole nitrogens is 1. The van der Waals surface area contributed by atoms with Crippen molar-refractivity contribution < 1.29 is 9.53 Å². The summed E-state index contributed by atoms with van der Waals surface area (Å²) in [5, 5.41) is 0. The van der Waals surface area contributed by atoms with Crippen molar-refractivity contribution in [3.05, 3.63) is 29.6 Å². The number of nitrogens with one attached hydrogen (secondary N) is 1. The summed E-state index contributed by atoms with van der Waals surface area (Å²) < 4.78 is 4.62. The van der Waals surface area contributed by atoms with E-state index in [-0.39, 0.29) is 5.97 Å². The minimum Gasteiger partial charge on any atom is -0.465 e. The predicted molar refractivity (Wildman–Crippen MR) is 55.3 cm³/mol. The molecular formula is C10H11N3O2. The van der Waals surface area contributed by atoms with Gasteiger partial charge in [-0.3, -0.25) is 0 Å². The van der Waals surface area contributed by atoms with E-state index in [0.29, 0.717) is 17.9 Å². The Morgan fingerprint density at radius 3 is 3.07 bits per heavy atom. The summed E-state index contributed by atoms with van der Waals surface area (Å²) >= 11 is 0. The van der Waals surface area contributed by atoms with Crippen molar-refractivity contribution in [3.63, 3.8) is 0 Å². The van der Waals surface area contributed by atoms with Crippen LogP contribution in [0.5, 0.6) is 0 Å². The average Bonchev–Trinajstić information content (AvgIpc) is 2.69. The number of aromatic nitrogens is 2. The van der Waals surface area contributed by atoms with Crippen LogP contribution in [-0.2, 0) is 11.3 Å². The van der Waals surface area contributed by atoms with Crippen molar-refractivity contribution in [3.8, 4) is 0 Å². The Labute approximate surface area is 86.3 Å². The lowest BCUT2D eigenvalue weighted by Crippen LogP contribution is -2.00. The molecule has 0 saturated heterocycles. The fourth-order valence-corrected chi connectivity index (χ4v) is 1.40. The van der Waals surface area contributed by atoms with Gasteiger partial charge >= 0.3 is 5.97 Å². The van der Waals surface area contributed by atoms with Crippen molar-refractivity contribution >= 4 is 17.0 Å². The number of ether oxygens (including phenoxy) is 1. The number of methoxy groups -OCH3 is 1. The molecule has 78 valence electrons. The van der Waals surface area contributed by atoms with E-state index in [0.717, 1.165) is 11.0 Å². The quantitative estimate of drug-likeness (QED) is 0.711. The molecule has 0 bridgehead atoms. The number of nitrogens with zero attached hydrogens (tertiary/aromatic N) is 1. The van der Waals surface area contributed by atoms with Crippen LogP contribution < -0.4 is 5.73 Å². The van der Waals surface area contributed by atoms with Crippen molar-refractivity contribution in [2.24, 2.45) is 5.73 Å². The zero-order chi connectivity index (χ0) is 10.8. The molecule has 0 aliphatic heterocycles. The second-order valence-electron chi connectivity index (χ2n) is 3.11. The van der Waals surface area contributed by atoms with Gasteiger partial charge in [0.2, 0.25) is 0 Å². The molecule has 0 saturated carbocycles. The molecule has 1 heterocycles. The van der Waals surface area contributed by atoms with Gasteiger partial charge in [-0.1, -0.05) is 0 Å². The molecular weight excluding hydrogens is 194 g/mol. The third-order valence-electron chi connectivity index (χ3n) is 2.15. The fourth-order valence-electron chi connectivity index (χ4n) is 1.40. The molecule has 0 aliphatic rings. The zero-order valence-electron chi connectivity index (χ0n) is 8.28. The number of carbonyl (C=O) groups is 1. The summed E-state index contributed by atoms with van der Waals surface area (Å²) in [4.78, 5) is 18.5. The molecule has 0 amide bonds. The fraction of sp³-hybridized carbons (Fsp3) is 0.200. The Hall–Kier alpha value is -1.88. The summed E-state index contributed by atoms with van der Waals surface area (Å²) in [5.41, 5.74) is 7.53. The van der Waals surface area contributed by atoms with E-state index in [1.807, 2.05) is 0 Å². The Morgan fingerprint density at radius 1 is 1.60 bits per heavy atom. The van der Waals surface area contributed by atoms with Crippen LogP contribution in [0.2, 0.25) is 0 Å². The van der Waals surface area contributed by atoms with Crippen LogP contribution in [-0.4, -0.2) is 23.0 Å². The minimum atomic E-state index is -0.360. The Balaban J connectivity index is 2.50. The minimum absolute atomic E-state index is 0.349. The highest BCUT2D eigenvalue weighted by molar-refractivity contribution is 5.93. The lowest BCUT2D eigenvalue weighted by molar-refractivity contribution is 0.0601. The van der Waals surface area contributed by atoms with Gasteiger partial charge in [0.05, 0.1) is 30.3 Å². The zero-order valence-corrected chi connectivity index (χ0v) is 8.28. The summed E-state index contributed by atoms with van der Waals surface area (Å²) in [6, 6.07) is 5.14. The number of imidazole rings is 1. The maximum absolute atomic E-state index is 11.3. The van der Waals surface area contributed by atoms with Crippen LogP contribution in [0.4, 0.5) is 0 Å². The summed E-state index contributed by atoms with van der Waals surface area (Å²) in [7, 11) is 1.35. The highest BCUT2D eigenvalue weighted by Crippen LogP contribution is 2.14. The summed E-state index contributed by atoms with van der Waals surface area (Å²) in [6.45, 7) is 0.349. The van der Waals surface area contributed by atoms with Gasteiger partial charge in [-0.05, 0) is 18.2 Å². The van der Waals surface area contributed by atoms with Crippen LogP contribution in [0, 0.1) is 0 Å². The molecule has 0 spiro atoms. The van der Waals surface area contributed by atoms with Gasteiger partial charge in [0.15, 0.2) is 0 Å². The van der Waals surface area contributed by atoms with Gasteiger partial charge in [-0.15, -0.1) is 0 Å². The second kappa shape index (κ2) is 3.70. The van der Waals surface area contributed by atoms with E-state index < -0.39 is 0 Å². The van der Waals surface area contributed by atoms with Gasteiger partial charge in [0.25, 0.3) is 0 Å². The number of aromatic amines is 1. The van der Waals surface area contributed by atoms with Gasteiger partial charge in [-0.2, -0.15) is 0 Å². The lowest BCUT2D eigenvalue weighted by atomic mass is 10.2. The third kappa shape index (κ3) is 1.69. The molecule has 2 aromatic rings. The molecule has 15 heavy (non-hydrogen) atoms. The van der Waals surface area contributed by atoms with Crippen molar-refractivity contribution in [1.29, 1.82) is 0 Å². The second-order valence-corrected chi connectivity index (χ2v) is 3.11. The van der Waals surface area contributed by atoms with E-state index in [9.17, 15) is 4.79 Å². The van der Waals surface area contributed by atoms with Crippen molar-refractivity contribution in [1.82, 2.24) is 9.97 Å². The highest BCUT2D eigenvalue weighted by Gasteiger charge is 2.07. The first-order valence-corrected chi connectivity index (χ1v) is 4.51. The molecule has 1 aromatic carbocycles. The molecule has 5 nitrogen and oxygen atoms in total. The average molecular weight is 205 g/mol. The van der Waals surface area contributed by atoms with Crippen molar-refractivity contribution in [2.45, 2.75) is 6.54 Å². The van der Waals surface area contributed by atoms with Crippen LogP contribution in [0.15, 0.2) is 18.2 Å². The molecule has 0 atom stereocenters. The van der Waals surface area contributed by atoms with E-state index in [2.05, 4.69) is 14.7 Å². The summed E-state index contributed by atoms with van der Waals surface area (Å²) in [6.07, 6.45) is 0. The van der Waals surface area contributed by atoms with Gasteiger partial charge < -0.3 is 15.5 Å². The first kappa shape index (κ1) is 9.67. The molecule has 5 heteroatoms. The highest BCUT2D eigenvalue weighted by atomic mass is 16.5. The molecule has 0 radical (unpaired) electrons. The number of benzene rings is 1. The number of hydrogen-bond acceptors (Lipinski definition) is 4. The SMILES string of the molecule is COC(=O)c1ccc2nc(CN)[nH]c2c1. The van der Waals surface area contributed by atoms with Crippen LogP contribution in [0.25, 0.3) is 11.0 Å². The van der Waals surface area contributed by atoms with Crippen LogP contribution >= 0.6 is 0 Å². The Morgan fingerprint density at radius 2 is 2.40 bits per heavy atom. The topological polar surface area (TPSA) is 81.0 Å². The molecule has 0 aliphatic carbocycles. The standard InChI is InChI=1S/C10H11N3O2/c1-15-10(14)6-2-3-7-8(4-6)13-9(5-11)12-7/h2-4H,5,11H2,1H3,(H,12,13). The van der Waals surface area contributed by atoms with E-state index in [4.69, 9.17) is 5.73 Å². The Bertz CT molecular complexity index is 504. The van der Waals surface area contributed by atoms with Gasteiger partial charge in [-0.25, -0.2) is 9.78 Å². The number of fused-ring (bicyclic) bond motifs is 1. The number of nitrogens with two attached hydrogens (primary N) is 1. The molecule has 0 unspecified atom stereocenters. The molecule has 0 fully saturated rings. The number of carbonyl (C=O) groups excluding carboxylic acids is 1. The first-order chi connectivity index (χ1) is 7.24. The van der Waals surface area contributed by atoms with E-state index in [1.54, 1.807) is 18.2 Å². The largest absolute Gasteiger partial charge is 0.465 e. The maximum atomic E-state index is 11.3. The van der Waals surface area contributed by atoms with Crippen molar-refractivity contribution in [2.75, 3.05) is 7.11 Å².